The van der Waals surface area contributed by atoms with E-state index in [0.29, 0.717) is 6.07 Å². The monoisotopic (exact) mass is 394 g/mol. The summed E-state index contributed by atoms with van der Waals surface area (Å²) in [4.78, 5) is 22.8. The predicted molar refractivity (Wildman–Crippen MR) is 89.7 cm³/mol. The van der Waals surface area contributed by atoms with E-state index in [1.54, 1.807) is 0 Å². The second-order valence-electron chi connectivity index (χ2n) is 5.32. The van der Waals surface area contributed by atoms with Gasteiger partial charge in [0.15, 0.2) is 0 Å². The molecule has 0 spiro atoms. The first-order valence-corrected chi connectivity index (χ1v) is 7.74. The Morgan fingerprint density at radius 1 is 1.30 bits per heavy atom. The van der Waals surface area contributed by atoms with Crippen molar-refractivity contribution in [2.45, 2.75) is 6.92 Å². The van der Waals surface area contributed by atoms with Crippen LogP contribution in [-0.2, 0) is 0 Å². The number of esters is 1. The highest BCUT2D eigenvalue weighted by Gasteiger charge is 2.29. The van der Waals surface area contributed by atoms with Crippen molar-refractivity contribution in [2.75, 3.05) is 0 Å². The van der Waals surface area contributed by atoms with E-state index in [1.165, 1.54) is 19.1 Å². The highest BCUT2D eigenvalue weighted by atomic mass is 35.5. The molecule has 1 aromatic heterocycles. The molecule has 10 heteroatoms. The highest BCUT2D eigenvalue weighted by Crippen LogP contribution is 2.35. The van der Waals surface area contributed by atoms with Gasteiger partial charge >= 0.3 is 11.7 Å². The Balaban J connectivity index is 2.07. The van der Waals surface area contributed by atoms with E-state index in [-0.39, 0.29) is 27.6 Å². The average Bonchev–Trinajstić information content (AvgIpc) is 2.96. The van der Waals surface area contributed by atoms with Gasteiger partial charge in [0.05, 0.1) is 15.5 Å². The summed E-state index contributed by atoms with van der Waals surface area (Å²) in [5, 5.41) is 14.6. The number of nitro groups is 1. The molecule has 0 N–H and O–H groups in total. The Kier molecular flexibility index (Phi) is 4.87. The van der Waals surface area contributed by atoms with E-state index in [0.717, 1.165) is 18.2 Å². The Morgan fingerprint density at radius 3 is 2.70 bits per heavy atom. The number of nitro benzene ring substituents is 1. The van der Waals surface area contributed by atoms with E-state index < -0.39 is 34.0 Å². The normalized spacial score (nSPS) is 10.7. The van der Waals surface area contributed by atoms with Gasteiger partial charge in [-0.05, 0) is 25.1 Å². The molecule has 2 aromatic carbocycles. The van der Waals surface area contributed by atoms with Crippen LogP contribution in [-0.4, -0.2) is 16.0 Å². The van der Waals surface area contributed by atoms with Crippen LogP contribution in [0, 0.1) is 28.7 Å². The molecule has 7 nitrogen and oxygen atoms in total. The molecule has 0 aliphatic rings. The van der Waals surface area contributed by atoms with Gasteiger partial charge in [0, 0.05) is 12.1 Å². The first kappa shape index (κ1) is 18.5. The number of ether oxygens (including phenoxy) is 1. The van der Waals surface area contributed by atoms with Crippen LogP contribution in [0.1, 0.15) is 16.1 Å². The predicted octanol–water partition coefficient (Wildman–Crippen LogP) is 4.71. The molecular formula is C17H9ClF2N2O5. The van der Waals surface area contributed by atoms with Crippen LogP contribution in [0.2, 0.25) is 5.02 Å². The number of benzene rings is 2. The lowest BCUT2D eigenvalue weighted by molar-refractivity contribution is -0.385. The third-order valence-corrected chi connectivity index (χ3v) is 3.90. The maximum Gasteiger partial charge on any atom is 0.349 e. The number of hydrogen-bond donors (Lipinski definition) is 0. The zero-order chi connectivity index (χ0) is 19.7. The third kappa shape index (κ3) is 3.49. The number of rotatable bonds is 4. The van der Waals surface area contributed by atoms with Gasteiger partial charge < -0.3 is 9.26 Å². The molecule has 3 rings (SSSR count). The van der Waals surface area contributed by atoms with Gasteiger partial charge in [-0.2, -0.15) is 0 Å². The molecule has 0 aliphatic carbocycles. The standard InChI is InChI=1S/C17H9ClF2N2O5/c1-8-14(16(21-27-8)15-10(18)3-2-4-11(15)20)17(23)26-13-7-9(19)5-6-12(13)22(24)25/h2-7H,1H3. The first-order valence-electron chi connectivity index (χ1n) is 7.36. The fourth-order valence-electron chi connectivity index (χ4n) is 2.38. The average molecular weight is 395 g/mol. The summed E-state index contributed by atoms with van der Waals surface area (Å²) in [7, 11) is 0. The Morgan fingerprint density at radius 2 is 2.04 bits per heavy atom. The summed E-state index contributed by atoms with van der Waals surface area (Å²) in [6.45, 7) is 1.36. The largest absolute Gasteiger partial charge is 0.415 e. The molecule has 3 aromatic rings. The van der Waals surface area contributed by atoms with Crippen molar-refractivity contribution >= 4 is 23.3 Å². The van der Waals surface area contributed by atoms with Crippen LogP contribution >= 0.6 is 11.6 Å². The number of carbonyl (C=O) groups excluding carboxylic acids is 1. The molecule has 0 fully saturated rings. The number of carbonyl (C=O) groups is 1. The van der Waals surface area contributed by atoms with Gasteiger partial charge in [0.2, 0.25) is 5.75 Å². The molecule has 0 bridgehead atoms. The van der Waals surface area contributed by atoms with Gasteiger partial charge in [-0.25, -0.2) is 13.6 Å². The van der Waals surface area contributed by atoms with Crippen LogP contribution in [0.3, 0.4) is 0 Å². The minimum absolute atomic E-state index is 0.0333. The molecule has 0 atom stereocenters. The van der Waals surface area contributed by atoms with Gasteiger partial charge in [0.25, 0.3) is 0 Å². The van der Waals surface area contributed by atoms with E-state index in [2.05, 4.69) is 5.16 Å². The van der Waals surface area contributed by atoms with Crippen LogP contribution in [0.4, 0.5) is 14.5 Å². The van der Waals surface area contributed by atoms with Crippen LogP contribution in [0.5, 0.6) is 5.75 Å². The molecule has 138 valence electrons. The molecule has 27 heavy (non-hydrogen) atoms. The number of nitrogens with zero attached hydrogens (tertiary/aromatic N) is 2. The first-order chi connectivity index (χ1) is 12.8. The van der Waals surface area contributed by atoms with Crippen molar-refractivity contribution in [1.29, 1.82) is 0 Å². The summed E-state index contributed by atoms with van der Waals surface area (Å²) in [6, 6.07) is 6.25. The van der Waals surface area contributed by atoms with Crippen molar-refractivity contribution in [3.05, 3.63) is 74.5 Å². The summed E-state index contributed by atoms with van der Waals surface area (Å²) in [6.07, 6.45) is 0. The third-order valence-electron chi connectivity index (χ3n) is 3.59. The topological polar surface area (TPSA) is 95.5 Å². The van der Waals surface area contributed by atoms with Crippen molar-refractivity contribution < 1.29 is 27.8 Å². The number of aryl methyl sites for hydroxylation is 1. The second kappa shape index (κ2) is 7.12. The van der Waals surface area contributed by atoms with Crippen molar-refractivity contribution in [1.82, 2.24) is 5.16 Å². The smallest absolute Gasteiger partial charge is 0.349 e. The zero-order valence-corrected chi connectivity index (χ0v) is 14.3. The molecule has 0 amide bonds. The van der Waals surface area contributed by atoms with E-state index in [1.807, 2.05) is 0 Å². The molecule has 1 heterocycles. The van der Waals surface area contributed by atoms with Gasteiger partial charge in [-0.3, -0.25) is 10.1 Å². The van der Waals surface area contributed by atoms with E-state index in [4.69, 9.17) is 20.9 Å². The zero-order valence-electron chi connectivity index (χ0n) is 13.5. The maximum atomic E-state index is 14.2. The minimum atomic E-state index is -1.14. The fraction of sp³-hybridized carbons (Fsp3) is 0.0588. The number of halogens is 3. The Labute approximate surface area is 155 Å². The highest BCUT2D eigenvalue weighted by molar-refractivity contribution is 6.33. The molecular weight excluding hydrogens is 386 g/mol. The van der Waals surface area contributed by atoms with E-state index in [9.17, 15) is 23.7 Å². The fourth-order valence-corrected chi connectivity index (χ4v) is 2.63. The summed E-state index contributed by atoms with van der Waals surface area (Å²) >= 11 is 5.99. The number of hydrogen-bond acceptors (Lipinski definition) is 6. The minimum Gasteiger partial charge on any atom is -0.415 e. The summed E-state index contributed by atoms with van der Waals surface area (Å²) in [5.74, 6) is -3.40. The summed E-state index contributed by atoms with van der Waals surface area (Å²) < 4.78 is 37.5. The van der Waals surface area contributed by atoms with E-state index >= 15 is 0 Å². The quantitative estimate of drug-likeness (QED) is 0.275. The van der Waals surface area contributed by atoms with Crippen molar-refractivity contribution in [3.8, 4) is 17.0 Å². The molecule has 0 aliphatic heterocycles. The molecule has 0 saturated heterocycles. The summed E-state index contributed by atoms with van der Waals surface area (Å²) in [5.41, 5.74) is -1.35. The van der Waals surface area contributed by atoms with Crippen molar-refractivity contribution in [3.63, 3.8) is 0 Å². The van der Waals surface area contributed by atoms with Crippen LogP contribution < -0.4 is 4.74 Å². The van der Waals surface area contributed by atoms with Gasteiger partial charge in [-0.1, -0.05) is 22.8 Å². The number of aromatic nitrogens is 1. The van der Waals surface area contributed by atoms with Crippen LogP contribution in [0.15, 0.2) is 40.9 Å². The lowest BCUT2D eigenvalue weighted by Crippen LogP contribution is -2.12. The maximum absolute atomic E-state index is 14.2. The molecule has 0 saturated carbocycles. The molecule has 0 radical (unpaired) electrons. The van der Waals surface area contributed by atoms with Gasteiger partial charge in [-0.15, -0.1) is 0 Å². The second-order valence-corrected chi connectivity index (χ2v) is 5.72. The lowest BCUT2D eigenvalue weighted by atomic mass is 10.1. The Bertz CT molecular complexity index is 1050. The lowest BCUT2D eigenvalue weighted by Gasteiger charge is -2.07. The molecule has 0 unspecified atom stereocenters. The Hall–Kier alpha value is -3.33. The van der Waals surface area contributed by atoms with Crippen LogP contribution in [0.25, 0.3) is 11.3 Å². The van der Waals surface area contributed by atoms with Gasteiger partial charge in [0.1, 0.15) is 28.7 Å². The van der Waals surface area contributed by atoms with Crippen molar-refractivity contribution in [2.24, 2.45) is 0 Å². The SMILES string of the molecule is Cc1onc(-c2c(F)cccc2Cl)c1C(=O)Oc1cc(F)ccc1[N+](=O)[O-].